The van der Waals surface area contributed by atoms with E-state index in [1.807, 2.05) is 18.2 Å². The number of nitrogens with zero attached hydrogens (tertiary/aromatic N) is 2. The number of aliphatic hydroxyl groups excluding tert-OH is 1. The summed E-state index contributed by atoms with van der Waals surface area (Å²) in [4.78, 5) is 32.6. The molecule has 6 nitrogen and oxygen atoms in total. The zero-order valence-corrected chi connectivity index (χ0v) is 19.8. The van der Waals surface area contributed by atoms with Crippen LogP contribution in [0.2, 0.25) is 0 Å². The number of aryl methyl sites for hydroxylation is 1. The first-order chi connectivity index (χ1) is 16.9. The molecule has 1 aliphatic heterocycles. The number of halogens is 1. The number of hydrogen-bond acceptors (Lipinski definition) is 6. The second-order valence-electron chi connectivity index (χ2n) is 8.10. The first kappa shape index (κ1) is 22.7. The monoisotopic (exact) mass is 488 g/mol. The summed E-state index contributed by atoms with van der Waals surface area (Å²) in [6.45, 7) is 2.06. The highest BCUT2D eigenvalue weighted by Gasteiger charge is 2.48. The number of aromatic nitrogens is 1. The van der Waals surface area contributed by atoms with Crippen LogP contribution in [0.5, 0.6) is 5.75 Å². The Morgan fingerprint density at radius 2 is 1.80 bits per heavy atom. The molecule has 1 atom stereocenters. The van der Waals surface area contributed by atoms with E-state index in [9.17, 15) is 19.1 Å². The highest BCUT2D eigenvalue weighted by atomic mass is 32.1. The number of Topliss-reactive ketones (excluding diaryl/α,β-unsaturated/α-hetero) is 1. The van der Waals surface area contributed by atoms with Crippen molar-refractivity contribution in [2.24, 2.45) is 0 Å². The fourth-order valence-corrected chi connectivity index (χ4v) is 5.23. The fraction of sp³-hybridized carbons (Fsp3) is 0.148. The third kappa shape index (κ3) is 3.95. The average molecular weight is 489 g/mol. The van der Waals surface area contributed by atoms with E-state index in [0.29, 0.717) is 16.4 Å². The van der Waals surface area contributed by atoms with Crippen molar-refractivity contribution in [3.05, 3.63) is 94.8 Å². The van der Waals surface area contributed by atoms with E-state index < -0.39 is 23.5 Å². The number of methoxy groups -OCH3 is 1. The van der Waals surface area contributed by atoms with Gasteiger partial charge < -0.3 is 9.84 Å². The van der Waals surface area contributed by atoms with Crippen molar-refractivity contribution in [2.45, 2.75) is 19.4 Å². The number of rotatable bonds is 5. The number of benzene rings is 3. The Kier molecular flexibility index (Phi) is 5.82. The molecule has 5 rings (SSSR count). The van der Waals surface area contributed by atoms with Crippen molar-refractivity contribution in [3.63, 3.8) is 0 Å². The summed E-state index contributed by atoms with van der Waals surface area (Å²) in [5.41, 5.74) is 2.61. The minimum absolute atomic E-state index is 0.0831. The number of amides is 1. The Balaban J connectivity index is 1.70. The van der Waals surface area contributed by atoms with Gasteiger partial charge in [0.25, 0.3) is 5.78 Å². The lowest BCUT2D eigenvalue weighted by atomic mass is 9.95. The van der Waals surface area contributed by atoms with Crippen molar-refractivity contribution in [1.29, 1.82) is 0 Å². The summed E-state index contributed by atoms with van der Waals surface area (Å²) in [5.74, 6) is -1.86. The summed E-state index contributed by atoms with van der Waals surface area (Å²) in [6, 6.07) is 17.0. The fourth-order valence-electron chi connectivity index (χ4n) is 4.17. The van der Waals surface area contributed by atoms with Gasteiger partial charge in [0.1, 0.15) is 17.3 Å². The summed E-state index contributed by atoms with van der Waals surface area (Å²) in [5, 5.41) is 11.5. The Hall–Kier alpha value is -4.04. The van der Waals surface area contributed by atoms with E-state index in [1.165, 1.54) is 40.5 Å². The van der Waals surface area contributed by atoms with Crippen LogP contribution in [0.4, 0.5) is 9.52 Å². The highest BCUT2D eigenvalue weighted by Crippen LogP contribution is 2.44. The smallest absolute Gasteiger partial charge is 0.301 e. The Bertz CT molecular complexity index is 1480. The predicted molar refractivity (Wildman–Crippen MR) is 133 cm³/mol. The third-order valence-corrected chi connectivity index (χ3v) is 7.07. The Morgan fingerprint density at radius 1 is 1.09 bits per heavy atom. The van der Waals surface area contributed by atoms with Gasteiger partial charge >= 0.3 is 5.91 Å². The van der Waals surface area contributed by atoms with E-state index in [4.69, 9.17) is 4.74 Å². The SMILES string of the molecule is CCc1ccc2nc(N3C(=O)C(=O)/C(=C(/O)c4ccc(F)cc4)[C@H]3c3ccc(OC)cc3)sc2c1. The molecule has 1 aliphatic rings. The molecule has 0 unspecified atom stereocenters. The van der Waals surface area contributed by atoms with Crippen molar-refractivity contribution in [3.8, 4) is 5.75 Å². The topological polar surface area (TPSA) is 79.7 Å². The highest BCUT2D eigenvalue weighted by molar-refractivity contribution is 7.22. The van der Waals surface area contributed by atoms with Gasteiger partial charge in [-0.05, 0) is 66.1 Å². The predicted octanol–water partition coefficient (Wildman–Crippen LogP) is 5.63. The maximum Gasteiger partial charge on any atom is 0.301 e. The van der Waals surface area contributed by atoms with E-state index >= 15 is 0 Å². The van der Waals surface area contributed by atoms with Crippen molar-refractivity contribution in [1.82, 2.24) is 4.98 Å². The summed E-state index contributed by atoms with van der Waals surface area (Å²) in [6.07, 6.45) is 0.858. The van der Waals surface area contributed by atoms with Gasteiger partial charge in [-0.2, -0.15) is 0 Å². The van der Waals surface area contributed by atoms with Crippen LogP contribution in [0.3, 0.4) is 0 Å². The first-order valence-corrected chi connectivity index (χ1v) is 11.8. The molecule has 0 aliphatic carbocycles. The van der Waals surface area contributed by atoms with Crippen molar-refractivity contribution in [2.75, 3.05) is 12.0 Å². The molecule has 0 saturated carbocycles. The lowest BCUT2D eigenvalue weighted by Gasteiger charge is -2.23. The van der Waals surface area contributed by atoms with Crippen LogP contribution in [0, 0.1) is 5.82 Å². The molecule has 1 amide bonds. The molecule has 8 heteroatoms. The number of anilines is 1. The minimum atomic E-state index is -0.919. The van der Waals surface area contributed by atoms with Crippen LogP contribution in [0.25, 0.3) is 16.0 Å². The summed E-state index contributed by atoms with van der Waals surface area (Å²) < 4.78 is 19.6. The van der Waals surface area contributed by atoms with Crippen LogP contribution in [-0.2, 0) is 16.0 Å². The molecule has 1 saturated heterocycles. The molecule has 3 aromatic carbocycles. The third-order valence-electron chi connectivity index (χ3n) is 6.05. The number of fused-ring (bicyclic) bond motifs is 1. The number of carbonyl (C=O) groups excluding carboxylic acids is 2. The van der Waals surface area contributed by atoms with E-state index in [1.54, 1.807) is 31.4 Å². The van der Waals surface area contributed by atoms with Crippen LogP contribution in [-0.4, -0.2) is 28.9 Å². The van der Waals surface area contributed by atoms with Gasteiger partial charge in [0, 0.05) is 5.56 Å². The van der Waals surface area contributed by atoms with Crippen LogP contribution < -0.4 is 9.64 Å². The van der Waals surface area contributed by atoms with Crippen LogP contribution >= 0.6 is 11.3 Å². The number of thiazole rings is 1. The molecule has 1 N–H and O–H groups in total. The molecule has 0 bridgehead atoms. The zero-order chi connectivity index (χ0) is 24.7. The normalized spacial score (nSPS) is 17.3. The van der Waals surface area contributed by atoms with Gasteiger partial charge in [0.2, 0.25) is 0 Å². The van der Waals surface area contributed by atoms with Crippen LogP contribution in [0.15, 0.2) is 72.3 Å². The second-order valence-corrected chi connectivity index (χ2v) is 9.11. The van der Waals surface area contributed by atoms with E-state index in [2.05, 4.69) is 11.9 Å². The lowest BCUT2D eigenvalue weighted by Crippen LogP contribution is -2.29. The van der Waals surface area contributed by atoms with Crippen molar-refractivity contribution < 1.29 is 23.8 Å². The van der Waals surface area contributed by atoms with Gasteiger partial charge in [-0.25, -0.2) is 9.37 Å². The molecule has 0 spiro atoms. The quantitative estimate of drug-likeness (QED) is 0.224. The first-order valence-electron chi connectivity index (χ1n) is 11.0. The summed E-state index contributed by atoms with van der Waals surface area (Å²) >= 11 is 1.31. The molecule has 2 heterocycles. The Labute approximate surface area is 204 Å². The molecule has 0 radical (unpaired) electrons. The molecule has 1 fully saturated rings. The van der Waals surface area contributed by atoms with Crippen molar-refractivity contribution >= 4 is 44.1 Å². The molecule has 4 aromatic rings. The Morgan fingerprint density at radius 3 is 2.46 bits per heavy atom. The standard InChI is InChI=1S/C27H21FN2O4S/c1-3-15-4-13-20-21(14-15)35-27(29-20)30-23(16-7-11-19(34-2)12-8-16)22(25(32)26(30)33)24(31)17-5-9-18(28)10-6-17/h4-14,23,31H,3H2,1-2H3/b24-22+/t23-/m1/s1. The van der Waals surface area contributed by atoms with Crippen LogP contribution in [0.1, 0.15) is 29.7 Å². The maximum atomic E-state index is 13.5. The number of aliphatic hydroxyl groups is 1. The maximum absolute atomic E-state index is 13.5. The summed E-state index contributed by atoms with van der Waals surface area (Å²) in [7, 11) is 1.54. The number of carbonyl (C=O) groups is 2. The molecule has 35 heavy (non-hydrogen) atoms. The van der Waals surface area contributed by atoms with Gasteiger partial charge in [-0.3, -0.25) is 14.5 Å². The van der Waals surface area contributed by atoms with E-state index in [-0.39, 0.29) is 16.9 Å². The van der Waals surface area contributed by atoms with Gasteiger partial charge in [0.05, 0.1) is 28.9 Å². The molecule has 1 aromatic heterocycles. The average Bonchev–Trinajstić information content (AvgIpc) is 3.41. The minimum Gasteiger partial charge on any atom is -0.507 e. The molecule has 176 valence electrons. The zero-order valence-electron chi connectivity index (χ0n) is 19.0. The molecular weight excluding hydrogens is 467 g/mol. The van der Waals surface area contributed by atoms with E-state index in [0.717, 1.165) is 22.2 Å². The number of ether oxygens (including phenoxy) is 1. The van der Waals surface area contributed by atoms with Gasteiger partial charge in [0.15, 0.2) is 5.13 Å². The number of hydrogen-bond donors (Lipinski definition) is 1. The molecular formula is C27H21FN2O4S. The van der Waals surface area contributed by atoms with Gasteiger partial charge in [-0.1, -0.05) is 36.5 Å². The van der Waals surface area contributed by atoms with Gasteiger partial charge in [-0.15, -0.1) is 0 Å². The number of ketones is 1. The lowest BCUT2D eigenvalue weighted by molar-refractivity contribution is -0.132. The largest absolute Gasteiger partial charge is 0.507 e. The second kappa shape index (κ2) is 8.96.